The summed E-state index contributed by atoms with van der Waals surface area (Å²) in [6.07, 6.45) is -15.7. The summed E-state index contributed by atoms with van der Waals surface area (Å²) in [5, 5.41) is 77.4. The molecule has 2 saturated heterocycles. The summed E-state index contributed by atoms with van der Waals surface area (Å²) >= 11 is 2.78. The van der Waals surface area contributed by atoms with E-state index in [1.807, 2.05) is 0 Å². The molecule has 2 aliphatic heterocycles. The van der Waals surface area contributed by atoms with Crippen molar-refractivity contribution in [1.82, 2.24) is 0 Å². The highest BCUT2D eigenvalue weighted by Gasteiger charge is 2.81. The molecule has 2 fully saturated rings. The molecule has 0 bridgehead atoms. The average molecular weight is 699 g/mol. The maximum Gasteiger partial charge on any atom is 0.213 e. The minimum absolute atomic E-state index is 0.503. The van der Waals surface area contributed by atoms with Crippen LogP contribution >= 0.6 is 15.9 Å². The molecule has 0 aromatic rings. The van der Waals surface area contributed by atoms with Crippen molar-refractivity contribution in [2.45, 2.75) is 118 Å². The molecule has 0 aromatic heterocycles. The Bertz CT molecular complexity index is 1280. The van der Waals surface area contributed by atoms with Crippen LogP contribution in [0.4, 0.5) is 0 Å². The Hall–Kier alpha value is -2.23. The minimum atomic E-state index is -4.02. The molecule has 2 rings (SSSR count). The van der Waals surface area contributed by atoms with E-state index in [4.69, 9.17) is 14.2 Å². The van der Waals surface area contributed by atoms with E-state index in [-0.39, 0.29) is 0 Å². The molecule has 2 heterocycles. The van der Waals surface area contributed by atoms with E-state index >= 15 is 0 Å². The molecule has 248 valence electrons. The Labute approximate surface area is 258 Å². The Kier molecular flexibility index (Phi) is 10.5. The van der Waals surface area contributed by atoms with Crippen molar-refractivity contribution in [2.24, 2.45) is 0 Å². The number of hydrogen-bond acceptors (Lipinski definition) is 17. The summed E-state index contributed by atoms with van der Waals surface area (Å²) in [6, 6.07) is 0. The zero-order valence-corrected chi connectivity index (χ0v) is 26.2. The van der Waals surface area contributed by atoms with Crippen LogP contribution in [0.1, 0.15) is 48.5 Å². The van der Waals surface area contributed by atoms with Gasteiger partial charge in [0.25, 0.3) is 0 Å². The van der Waals surface area contributed by atoms with E-state index in [9.17, 15) is 69.3 Å². The molecular weight excluding hydrogens is 664 g/mol. The van der Waals surface area contributed by atoms with E-state index in [0.29, 0.717) is 34.6 Å². The first-order chi connectivity index (χ1) is 19.8. The van der Waals surface area contributed by atoms with Gasteiger partial charge < -0.3 is 50.0 Å². The van der Waals surface area contributed by atoms with Gasteiger partial charge in [0.15, 0.2) is 68.6 Å². The number of ketones is 7. The molecule has 3 unspecified atom stereocenters. The maximum absolute atomic E-state index is 13.1. The van der Waals surface area contributed by atoms with E-state index in [1.165, 1.54) is 0 Å². The molecule has 0 aliphatic carbocycles. The van der Waals surface area contributed by atoms with E-state index in [0.717, 1.165) is 13.8 Å². The monoisotopic (exact) mass is 698 g/mol. The fourth-order valence-corrected chi connectivity index (χ4v) is 6.59. The van der Waals surface area contributed by atoms with Crippen molar-refractivity contribution < 1.29 is 83.5 Å². The molecule has 18 heteroatoms. The summed E-state index contributed by atoms with van der Waals surface area (Å²) in [7, 11) is 0. The van der Waals surface area contributed by atoms with Crippen molar-refractivity contribution in [3.63, 3.8) is 0 Å². The van der Waals surface area contributed by atoms with Crippen molar-refractivity contribution in [3.8, 4) is 0 Å². The lowest BCUT2D eigenvalue weighted by Gasteiger charge is -2.60. The number of hydrogen-bond donors (Lipinski definition) is 7. The number of rotatable bonds is 11. The number of ether oxygens (including phenoxy) is 3. The van der Waals surface area contributed by atoms with E-state index < -0.39 is 110 Å². The SMILES string of the molecule is CC(=O)C(O)[C@H]1OC(Br)[C@@](O)(C(C)=O)[C@](O)(C(C)=O)[C@@H]1O[C@@H]1O[C@H](C(O)C(C)=O)[C@@](O)(C(C)=O)[C@@](O)(C(C)=O)[C@]1(O)C(C)=O. The third-order valence-electron chi connectivity index (χ3n) is 8.38. The number of halogens is 1. The standard InChI is InChI=1S/C26H35BrO17/c1-8(28)15(35)17-19(22(37,10(3)30)24(39,12(5)32)20(27)42-17)44-21-25(40,13(6)33)26(41,14(7)34)23(38,11(4)31)18(43-21)16(36)9(2)29/h15-21,35-41H,1-7H3/t15?,16?,17-,18-,19-,20?,21+,22+,23+,24+,25+,26+/m1/s1. The van der Waals surface area contributed by atoms with Gasteiger partial charge in [-0.2, -0.15) is 0 Å². The smallest absolute Gasteiger partial charge is 0.213 e. The number of Topliss-reactive ketones (excluding diaryl/α,β-unsaturated/α-hetero) is 7. The first-order valence-electron chi connectivity index (χ1n) is 12.9. The molecule has 0 amide bonds. The first kappa shape index (κ1) is 38.0. The van der Waals surface area contributed by atoms with Crippen molar-refractivity contribution in [2.75, 3.05) is 0 Å². The minimum Gasteiger partial charge on any atom is -0.382 e. The molecule has 0 spiro atoms. The fraction of sp³-hybridized carbons (Fsp3) is 0.731. The third kappa shape index (κ3) is 4.87. The van der Waals surface area contributed by atoms with Crippen molar-refractivity contribution >= 4 is 56.4 Å². The van der Waals surface area contributed by atoms with Gasteiger partial charge in [-0.3, -0.25) is 33.6 Å². The van der Waals surface area contributed by atoms with Gasteiger partial charge in [-0.05, 0) is 48.5 Å². The lowest BCUT2D eigenvalue weighted by molar-refractivity contribution is -0.399. The summed E-state index contributed by atoms with van der Waals surface area (Å²) in [4.78, 5) is 89.0. The number of carbonyl (C=O) groups excluding carboxylic acids is 7. The number of aliphatic hydroxyl groups is 7. The molecule has 7 N–H and O–H groups in total. The van der Waals surface area contributed by atoms with Crippen LogP contribution in [0.15, 0.2) is 0 Å². The molecule has 12 atom stereocenters. The zero-order valence-electron chi connectivity index (χ0n) is 24.6. The van der Waals surface area contributed by atoms with E-state index in [2.05, 4.69) is 15.9 Å². The van der Waals surface area contributed by atoms with Gasteiger partial charge in [0, 0.05) is 0 Å². The van der Waals surface area contributed by atoms with Gasteiger partial charge >= 0.3 is 0 Å². The Balaban J connectivity index is 3.07. The second-order valence-corrected chi connectivity index (χ2v) is 11.9. The summed E-state index contributed by atoms with van der Waals surface area (Å²) < 4.78 is 16.3. The third-order valence-corrected chi connectivity index (χ3v) is 9.26. The second kappa shape index (κ2) is 12.2. The Morgan fingerprint density at radius 3 is 1.36 bits per heavy atom. The van der Waals surface area contributed by atoms with Gasteiger partial charge in [0.05, 0.1) is 0 Å². The Morgan fingerprint density at radius 2 is 1.02 bits per heavy atom. The largest absolute Gasteiger partial charge is 0.382 e. The lowest BCUT2D eigenvalue weighted by atomic mass is 9.60. The number of aliphatic hydroxyl groups excluding tert-OH is 2. The van der Waals surface area contributed by atoms with Crippen LogP contribution < -0.4 is 0 Å². The predicted octanol–water partition coefficient (Wildman–Crippen LogP) is -4.28. The van der Waals surface area contributed by atoms with Crippen LogP contribution in [0, 0.1) is 0 Å². The lowest BCUT2D eigenvalue weighted by Crippen LogP contribution is -2.88. The van der Waals surface area contributed by atoms with Gasteiger partial charge in [-0.1, -0.05) is 15.9 Å². The van der Waals surface area contributed by atoms with Crippen LogP contribution in [0.5, 0.6) is 0 Å². The molecule has 0 saturated carbocycles. The predicted molar refractivity (Wildman–Crippen MR) is 143 cm³/mol. The van der Waals surface area contributed by atoms with Crippen LogP contribution in [0.3, 0.4) is 0 Å². The first-order valence-corrected chi connectivity index (χ1v) is 13.8. The number of carbonyl (C=O) groups is 7. The van der Waals surface area contributed by atoms with Crippen LogP contribution in [0.25, 0.3) is 0 Å². The van der Waals surface area contributed by atoms with Gasteiger partial charge in [-0.15, -0.1) is 0 Å². The zero-order chi connectivity index (χ0) is 34.7. The van der Waals surface area contributed by atoms with Gasteiger partial charge in [0.1, 0.15) is 30.5 Å². The van der Waals surface area contributed by atoms with Gasteiger partial charge in [0.2, 0.25) is 11.2 Å². The molecular formula is C26H35BrO17. The molecule has 17 nitrogen and oxygen atoms in total. The molecule has 0 aromatic carbocycles. The maximum atomic E-state index is 13.1. The molecule has 44 heavy (non-hydrogen) atoms. The van der Waals surface area contributed by atoms with Crippen molar-refractivity contribution in [3.05, 3.63) is 0 Å². The van der Waals surface area contributed by atoms with E-state index in [1.54, 1.807) is 0 Å². The highest BCUT2D eigenvalue weighted by atomic mass is 79.9. The topological polar surface area (TPSA) is 289 Å². The molecule has 0 radical (unpaired) electrons. The summed E-state index contributed by atoms with van der Waals surface area (Å²) in [5.41, 5.74) is -18.6. The summed E-state index contributed by atoms with van der Waals surface area (Å²) in [5.74, 6) is -10.2. The second-order valence-electron chi connectivity index (χ2n) is 11.0. The molecule has 2 aliphatic rings. The average Bonchev–Trinajstić information content (AvgIpc) is 2.91. The Morgan fingerprint density at radius 1 is 0.614 bits per heavy atom. The quantitative estimate of drug-likeness (QED) is 0.100. The van der Waals surface area contributed by atoms with Crippen molar-refractivity contribution in [1.29, 1.82) is 0 Å². The van der Waals surface area contributed by atoms with Crippen LogP contribution in [0.2, 0.25) is 0 Å². The summed E-state index contributed by atoms with van der Waals surface area (Å²) in [6.45, 7) is 4.47. The fourth-order valence-electron chi connectivity index (χ4n) is 5.67. The highest BCUT2D eigenvalue weighted by molar-refractivity contribution is 9.09. The normalized spacial score (nSPS) is 42.1. The highest BCUT2D eigenvalue weighted by Crippen LogP contribution is 2.51. The number of alkyl halides is 1. The van der Waals surface area contributed by atoms with Crippen LogP contribution in [-0.4, -0.2) is 146 Å². The van der Waals surface area contributed by atoms with Crippen LogP contribution in [-0.2, 0) is 47.8 Å². The van der Waals surface area contributed by atoms with Gasteiger partial charge in [-0.25, -0.2) is 0 Å².